The smallest absolute Gasteiger partial charge is 0.255 e. The van der Waals surface area contributed by atoms with Gasteiger partial charge >= 0.3 is 0 Å². The fourth-order valence-corrected chi connectivity index (χ4v) is 4.86. The number of amides is 1. The molecular formula is C22H28N2O5S. The topological polar surface area (TPSA) is 84.9 Å². The van der Waals surface area contributed by atoms with E-state index in [1.807, 2.05) is 13.8 Å². The summed E-state index contributed by atoms with van der Waals surface area (Å²) in [4.78, 5) is 12.9. The van der Waals surface area contributed by atoms with E-state index in [2.05, 4.69) is 5.32 Å². The molecule has 0 saturated carbocycles. The van der Waals surface area contributed by atoms with Crippen molar-refractivity contribution in [2.24, 2.45) is 0 Å². The third-order valence-electron chi connectivity index (χ3n) is 4.87. The molecule has 0 unspecified atom stereocenters. The van der Waals surface area contributed by atoms with Gasteiger partial charge in [0.05, 0.1) is 23.8 Å². The Bertz CT molecular complexity index is 981. The molecule has 7 nitrogen and oxygen atoms in total. The first-order valence-corrected chi connectivity index (χ1v) is 11.5. The maximum absolute atomic E-state index is 13.1. The summed E-state index contributed by atoms with van der Waals surface area (Å²) in [6.07, 6.45) is 2.62. The Hall–Kier alpha value is -2.58. The Morgan fingerprint density at radius 1 is 1.03 bits per heavy atom. The van der Waals surface area contributed by atoms with E-state index >= 15 is 0 Å². The lowest BCUT2D eigenvalue weighted by Crippen LogP contribution is -2.35. The quantitative estimate of drug-likeness (QED) is 0.717. The first-order valence-electron chi connectivity index (χ1n) is 10.1. The minimum Gasteiger partial charge on any atom is -0.497 e. The normalized spacial score (nSPS) is 15.1. The number of carbonyl (C=O) groups is 1. The summed E-state index contributed by atoms with van der Waals surface area (Å²) in [6, 6.07) is 11.3. The van der Waals surface area contributed by atoms with Crippen molar-refractivity contribution in [3.05, 3.63) is 48.0 Å². The van der Waals surface area contributed by atoms with Gasteiger partial charge in [-0.05, 0) is 69.2 Å². The van der Waals surface area contributed by atoms with E-state index < -0.39 is 10.0 Å². The zero-order valence-corrected chi connectivity index (χ0v) is 18.4. The summed E-state index contributed by atoms with van der Waals surface area (Å²) in [5.41, 5.74) is 0.748. The Labute approximate surface area is 178 Å². The van der Waals surface area contributed by atoms with E-state index in [1.165, 1.54) is 16.4 Å². The molecule has 0 spiro atoms. The molecule has 30 heavy (non-hydrogen) atoms. The van der Waals surface area contributed by atoms with Gasteiger partial charge in [0.1, 0.15) is 11.5 Å². The van der Waals surface area contributed by atoms with Gasteiger partial charge in [-0.15, -0.1) is 0 Å². The average Bonchev–Trinajstić information content (AvgIpc) is 2.75. The van der Waals surface area contributed by atoms with E-state index in [9.17, 15) is 13.2 Å². The highest BCUT2D eigenvalue weighted by molar-refractivity contribution is 7.89. The van der Waals surface area contributed by atoms with E-state index in [0.717, 1.165) is 19.3 Å². The van der Waals surface area contributed by atoms with Crippen molar-refractivity contribution < 1.29 is 22.7 Å². The summed E-state index contributed by atoms with van der Waals surface area (Å²) < 4.78 is 38.5. The van der Waals surface area contributed by atoms with Crippen LogP contribution in [0.5, 0.6) is 11.5 Å². The second-order valence-electron chi connectivity index (χ2n) is 7.47. The number of ether oxygens (including phenoxy) is 2. The molecule has 1 aliphatic heterocycles. The molecule has 3 rings (SSSR count). The number of nitrogens with one attached hydrogen (secondary N) is 1. The molecule has 2 aromatic carbocycles. The average molecular weight is 433 g/mol. The number of anilines is 1. The first kappa shape index (κ1) is 22.1. The van der Waals surface area contributed by atoms with Gasteiger partial charge in [0.25, 0.3) is 5.91 Å². The fraction of sp³-hybridized carbons (Fsp3) is 0.409. The summed E-state index contributed by atoms with van der Waals surface area (Å²) in [7, 11) is -2.07. The van der Waals surface area contributed by atoms with Crippen LogP contribution in [-0.2, 0) is 10.0 Å². The summed E-state index contributed by atoms with van der Waals surface area (Å²) in [6.45, 7) is 4.77. The van der Waals surface area contributed by atoms with Crippen LogP contribution in [0.15, 0.2) is 47.4 Å². The number of sulfonamides is 1. The second kappa shape index (κ2) is 9.49. The molecule has 1 N–H and O–H groups in total. The number of carbonyl (C=O) groups excluding carboxylic acids is 1. The van der Waals surface area contributed by atoms with Crippen LogP contribution in [0.4, 0.5) is 5.69 Å². The van der Waals surface area contributed by atoms with Crippen molar-refractivity contribution >= 4 is 21.6 Å². The van der Waals surface area contributed by atoms with Crippen LogP contribution in [0.1, 0.15) is 43.5 Å². The number of hydrogen-bond donors (Lipinski definition) is 1. The number of benzene rings is 2. The monoisotopic (exact) mass is 432 g/mol. The Balaban J connectivity index is 1.91. The molecule has 0 atom stereocenters. The highest BCUT2D eigenvalue weighted by Gasteiger charge is 2.27. The zero-order chi connectivity index (χ0) is 21.7. The predicted molar refractivity (Wildman–Crippen MR) is 116 cm³/mol. The predicted octanol–water partition coefficient (Wildman–Crippen LogP) is 3.91. The molecule has 1 saturated heterocycles. The molecule has 8 heteroatoms. The largest absolute Gasteiger partial charge is 0.497 e. The van der Waals surface area contributed by atoms with Crippen LogP contribution >= 0.6 is 0 Å². The van der Waals surface area contributed by atoms with Gasteiger partial charge < -0.3 is 14.8 Å². The highest BCUT2D eigenvalue weighted by Crippen LogP contribution is 2.31. The number of methoxy groups -OCH3 is 1. The Morgan fingerprint density at radius 3 is 2.30 bits per heavy atom. The summed E-state index contributed by atoms with van der Waals surface area (Å²) >= 11 is 0. The minimum atomic E-state index is -3.63. The van der Waals surface area contributed by atoms with Crippen molar-refractivity contribution in [1.82, 2.24) is 4.31 Å². The van der Waals surface area contributed by atoms with Crippen LogP contribution in [0.25, 0.3) is 0 Å². The fourth-order valence-electron chi connectivity index (χ4n) is 3.32. The molecule has 1 heterocycles. The number of hydrogen-bond acceptors (Lipinski definition) is 5. The van der Waals surface area contributed by atoms with Gasteiger partial charge in [-0.3, -0.25) is 4.79 Å². The standard InChI is InChI=1S/C22H28N2O5S/c1-16(2)29-21-12-11-19(30(26,27)24-13-5-4-6-14-24)15-20(21)23-22(25)17-7-9-18(28-3)10-8-17/h7-12,15-16H,4-6,13-14H2,1-3H3,(H,23,25). The Kier molecular flexibility index (Phi) is 6.99. The molecule has 1 fully saturated rings. The first-order chi connectivity index (χ1) is 14.3. The third-order valence-corrected chi connectivity index (χ3v) is 6.76. The van der Waals surface area contributed by atoms with E-state index in [-0.39, 0.29) is 16.9 Å². The van der Waals surface area contributed by atoms with Crippen LogP contribution in [0, 0.1) is 0 Å². The molecule has 0 aromatic heterocycles. The lowest BCUT2D eigenvalue weighted by Gasteiger charge is -2.26. The molecule has 0 aliphatic carbocycles. The van der Waals surface area contributed by atoms with Crippen LogP contribution < -0.4 is 14.8 Å². The number of rotatable bonds is 7. The molecular weight excluding hydrogens is 404 g/mol. The van der Waals surface area contributed by atoms with Gasteiger partial charge in [0, 0.05) is 18.7 Å². The maximum atomic E-state index is 13.1. The second-order valence-corrected chi connectivity index (χ2v) is 9.41. The lowest BCUT2D eigenvalue weighted by atomic mass is 10.2. The van der Waals surface area contributed by atoms with Crippen molar-refractivity contribution in [1.29, 1.82) is 0 Å². The van der Waals surface area contributed by atoms with Gasteiger partial charge in [-0.1, -0.05) is 6.42 Å². The molecule has 2 aromatic rings. The SMILES string of the molecule is COc1ccc(C(=O)Nc2cc(S(=O)(=O)N3CCCCC3)ccc2OC(C)C)cc1. The lowest BCUT2D eigenvalue weighted by molar-refractivity contribution is 0.102. The van der Waals surface area contributed by atoms with E-state index in [4.69, 9.17) is 9.47 Å². The number of nitrogens with zero attached hydrogens (tertiary/aromatic N) is 1. The molecule has 0 radical (unpaired) electrons. The zero-order valence-electron chi connectivity index (χ0n) is 17.6. The van der Waals surface area contributed by atoms with Crippen molar-refractivity contribution in [2.45, 2.75) is 44.1 Å². The van der Waals surface area contributed by atoms with Crippen LogP contribution in [0.2, 0.25) is 0 Å². The molecule has 162 valence electrons. The van der Waals surface area contributed by atoms with E-state index in [1.54, 1.807) is 37.4 Å². The van der Waals surface area contributed by atoms with Crippen LogP contribution in [0.3, 0.4) is 0 Å². The number of piperidine rings is 1. The Morgan fingerprint density at radius 2 is 1.70 bits per heavy atom. The van der Waals surface area contributed by atoms with Gasteiger partial charge in [-0.25, -0.2) is 8.42 Å². The maximum Gasteiger partial charge on any atom is 0.255 e. The highest BCUT2D eigenvalue weighted by atomic mass is 32.2. The van der Waals surface area contributed by atoms with Crippen LogP contribution in [-0.4, -0.2) is 44.9 Å². The van der Waals surface area contributed by atoms with Gasteiger partial charge in [-0.2, -0.15) is 4.31 Å². The molecule has 1 amide bonds. The third kappa shape index (κ3) is 5.12. The van der Waals surface area contributed by atoms with E-state index in [0.29, 0.717) is 35.8 Å². The van der Waals surface area contributed by atoms with Gasteiger partial charge in [0.15, 0.2) is 0 Å². The van der Waals surface area contributed by atoms with Crippen molar-refractivity contribution in [3.8, 4) is 11.5 Å². The summed E-state index contributed by atoms with van der Waals surface area (Å²) in [5, 5.41) is 2.80. The minimum absolute atomic E-state index is 0.133. The summed E-state index contributed by atoms with van der Waals surface area (Å²) in [5.74, 6) is 0.702. The molecule has 0 bridgehead atoms. The molecule has 1 aliphatic rings. The van der Waals surface area contributed by atoms with Crippen molar-refractivity contribution in [2.75, 3.05) is 25.5 Å². The van der Waals surface area contributed by atoms with Crippen molar-refractivity contribution in [3.63, 3.8) is 0 Å². The van der Waals surface area contributed by atoms with Gasteiger partial charge in [0.2, 0.25) is 10.0 Å².